The molecule has 13 heavy (non-hydrogen) atoms. The Hall–Kier alpha value is -1.07. The van der Waals surface area contributed by atoms with Crippen molar-refractivity contribution in [2.75, 3.05) is 0 Å². The lowest BCUT2D eigenvalue weighted by molar-refractivity contribution is -0.140. The first-order valence-corrected chi connectivity index (χ1v) is 4.46. The lowest BCUT2D eigenvalue weighted by Crippen LogP contribution is -2.33. The minimum Gasteiger partial charge on any atom is -0.480 e. The monoisotopic (exact) mass is 244 g/mol. The summed E-state index contributed by atoms with van der Waals surface area (Å²) in [5.74, 6) is -2.41. The van der Waals surface area contributed by atoms with Crippen molar-refractivity contribution < 1.29 is 9.90 Å². The molecule has 0 aromatic carbocycles. The summed E-state index contributed by atoms with van der Waals surface area (Å²) < 4.78 is 0. The highest BCUT2D eigenvalue weighted by Crippen LogP contribution is 2.31. The van der Waals surface area contributed by atoms with Gasteiger partial charge in [0.25, 0.3) is 0 Å². The van der Waals surface area contributed by atoms with Crippen LogP contribution >= 0.6 is 15.9 Å². The van der Waals surface area contributed by atoms with E-state index in [1.807, 2.05) is 6.07 Å². The number of hydrogen-bond donors (Lipinski definition) is 1. The Morgan fingerprint density at radius 3 is 2.23 bits per heavy atom. The van der Waals surface area contributed by atoms with E-state index in [9.17, 15) is 4.79 Å². The van der Waals surface area contributed by atoms with Crippen LogP contribution in [0.3, 0.4) is 0 Å². The molecule has 2 atom stereocenters. The van der Waals surface area contributed by atoms with Crippen LogP contribution in [0.4, 0.5) is 0 Å². The van der Waals surface area contributed by atoms with E-state index < -0.39 is 22.1 Å². The molecule has 5 heteroatoms. The number of hydrogen-bond acceptors (Lipinski definition) is 3. The maximum absolute atomic E-state index is 10.6. The number of carboxylic acid groups (broad SMARTS) is 1. The second-order valence-corrected chi connectivity index (χ2v) is 4.17. The van der Waals surface area contributed by atoms with Gasteiger partial charge in [0.05, 0.1) is 22.4 Å². The summed E-state index contributed by atoms with van der Waals surface area (Å²) in [6.07, 6.45) is 0. The minimum atomic E-state index is -1.22. The summed E-state index contributed by atoms with van der Waals surface area (Å²) in [4.78, 5) is 9.90. The molecule has 1 N–H and O–H groups in total. The summed E-state index contributed by atoms with van der Waals surface area (Å²) in [6.45, 7) is 3.17. The molecule has 70 valence electrons. The summed E-state index contributed by atoms with van der Waals surface area (Å²) in [5, 5.41) is 25.9. The molecule has 0 aliphatic heterocycles. The van der Waals surface area contributed by atoms with Gasteiger partial charge in [-0.3, -0.25) is 4.79 Å². The third-order valence-corrected chi connectivity index (χ3v) is 3.35. The number of rotatable bonds is 3. The molecule has 0 aliphatic carbocycles. The van der Waals surface area contributed by atoms with Gasteiger partial charge in [-0.1, -0.05) is 15.9 Å². The molecule has 0 fully saturated rings. The topological polar surface area (TPSA) is 84.9 Å². The quantitative estimate of drug-likeness (QED) is 0.764. The highest BCUT2D eigenvalue weighted by Gasteiger charge is 2.38. The van der Waals surface area contributed by atoms with Crippen molar-refractivity contribution in [1.82, 2.24) is 0 Å². The van der Waals surface area contributed by atoms with Gasteiger partial charge in [-0.25, -0.2) is 0 Å². The van der Waals surface area contributed by atoms with Crippen LogP contribution in [0.15, 0.2) is 0 Å². The minimum absolute atomic E-state index is 0.674. The Kier molecular flexibility index (Phi) is 3.90. The predicted molar refractivity (Wildman–Crippen MR) is 48.8 cm³/mol. The molecule has 0 saturated carbocycles. The van der Waals surface area contributed by atoms with Gasteiger partial charge in [0.2, 0.25) is 0 Å². The SMILES string of the molecule is CC(C)(C#N)C(Br)C(C#N)C(=O)O. The van der Waals surface area contributed by atoms with Crippen molar-refractivity contribution >= 4 is 21.9 Å². The van der Waals surface area contributed by atoms with E-state index in [0.717, 1.165) is 0 Å². The molecule has 0 aromatic rings. The first-order valence-electron chi connectivity index (χ1n) is 3.54. The summed E-state index contributed by atoms with van der Waals surface area (Å²) >= 11 is 3.06. The van der Waals surface area contributed by atoms with Gasteiger partial charge in [0, 0.05) is 0 Å². The van der Waals surface area contributed by atoms with E-state index in [-0.39, 0.29) is 0 Å². The third kappa shape index (κ3) is 2.71. The molecular weight excluding hydrogens is 236 g/mol. The first kappa shape index (κ1) is 11.9. The fourth-order valence-corrected chi connectivity index (χ4v) is 1.17. The predicted octanol–water partition coefficient (Wildman–Crippen LogP) is 1.52. The second-order valence-electron chi connectivity index (χ2n) is 3.18. The molecule has 0 radical (unpaired) electrons. The van der Waals surface area contributed by atoms with E-state index in [0.29, 0.717) is 0 Å². The van der Waals surface area contributed by atoms with Crippen LogP contribution in [-0.4, -0.2) is 15.9 Å². The maximum atomic E-state index is 10.6. The van der Waals surface area contributed by atoms with Crippen molar-refractivity contribution in [3.63, 3.8) is 0 Å². The van der Waals surface area contributed by atoms with Crippen molar-refractivity contribution in [1.29, 1.82) is 10.5 Å². The molecule has 0 amide bonds. The van der Waals surface area contributed by atoms with E-state index in [1.165, 1.54) is 0 Å². The Morgan fingerprint density at radius 1 is 1.54 bits per heavy atom. The van der Waals surface area contributed by atoms with Gasteiger partial charge >= 0.3 is 5.97 Å². The van der Waals surface area contributed by atoms with Crippen molar-refractivity contribution in [3.8, 4) is 12.1 Å². The molecule has 0 spiro atoms. The van der Waals surface area contributed by atoms with E-state index in [4.69, 9.17) is 15.6 Å². The van der Waals surface area contributed by atoms with Gasteiger partial charge in [0.1, 0.15) is 0 Å². The van der Waals surface area contributed by atoms with Crippen LogP contribution in [0.25, 0.3) is 0 Å². The average molecular weight is 245 g/mol. The number of aliphatic carboxylic acids is 1. The summed E-state index contributed by atoms with van der Waals surface area (Å²) in [5.41, 5.74) is -0.876. The summed E-state index contributed by atoms with van der Waals surface area (Å²) in [7, 11) is 0. The molecule has 2 unspecified atom stereocenters. The smallest absolute Gasteiger partial charge is 0.322 e. The van der Waals surface area contributed by atoms with Crippen LogP contribution in [-0.2, 0) is 4.79 Å². The Labute approximate surface area is 84.9 Å². The molecular formula is C8H9BrN2O2. The van der Waals surface area contributed by atoms with Crippen molar-refractivity contribution in [2.24, 2.45) is 11.3 Å². The Balaban J connectivity index is 4.80. The second kappa shape index (κ2) is 4.25. The van der Waals surface area contributed by atoms with E-state index in [1.54, 1.807) is 19.9 Å². The van der Waals surface area contributed by atoms with Crippen LogP contribution in [0, 0.1) is 34.0 Å². The van der Waals surface area contributed by atoms with Gasteiger partial charge in [0.15, 0.2) is 5.92 Å². The molecule has 4 nitrogen and oxygen atoms in total. The molecule has 0 aliphatic rings. The number of nitriles is 2. The lowest BCUT2D eigenvalue weighted by Gasteiger charge is -2.23. The highest BCUT2D eigenvalue weighted by molar-refractivity contribution is 9.09. The number of carbonyl (C=O) groups is 1. The van der Waals surface area contributed by atoms with Gasteiger partial charge in [-0.2, -0.15) is 10.5 Å². The number of carboxylic acids is 1. The maximum Gasteiger partial charge on any atom is 0.322 e. The van der Waals surface area contributed by atoms with E-state index in [2.05, 4.69) is 15.9 Å². The zero-order valence-electron chi connectivity index (χ0n) is 7.28. The Bertz CT molecular complexity index is 287. The van der Waals surface area contributed by atoms with Gasteiger partial charge < -0.3 is 5.11 Å². The average Bonchev–Trinajstić information content (AvgIpc) is 2.05. The molecule has 0 aromatic heterocycles. The number of halogens is 1. The normalized spacial score (nSPS) is 15.2. The fraction of sp³-hybridized carbons (Fsp3) is 0.625. The zero-order chi connectivity index (χ0) is 10.6. The van der Waals surface area contributed by atoms with Crippen molar-refractivity contribution in [3.05, 3.63) is 0 Å². The van der Waals surface area contributed by atoms with Crippen LogP contribution < -0.4 is 0 Å². The van der Waals surface area contributed by atoms with Gasteiger partial charge in [-0.05, 0) is 13.8 Å². The van der Waals surface area contributed by atoms with Crippen molar-refractivity contribution in [2.45, 2.75) is 18.7 Å². The molecule has 0 saturated heterocycles. The number of alkyl halides is 1. The van der Waals surface area contributed by atoms with Crippen LogP contribution in [0.2, 0.25) is 0 Å². The molecule has 0 rings (SSSR count). The number of nitrogens with zero attached hydrogens (tertiary/aromatic N) is 2. The fourth-order valence-electron chi connectivity index (χ4n) is 0.724. The third-order valence-electron chi connectivity index (χ3n) is 1.68. The van der Waals surface area contributed by atoms with Crippen LogP contribution in [0.5, 0.6) is 0 Å². The largest absolute Gasteiger partial charge is 0.480 e. The summed E-state index contributed by atoms with van der Waals surface area (Å²) in [6, 6.07) is 3.59. The van der Waals surface area contributed by atoms with Crippen LogP contribution in [0.1, 0.15) is 13.8 Å². The first-order chi connectivity index (χ1) is 5.86. The Morgan fingerprint density at radius 2 is 2.00 bits per heavy atom. The lowest BCUT2D eigenvalue weighted by atomic mass is 9.84. The van der Waals surface area contributed by atoms with Gasteiger partial charge in [-0.15, -0.1) is 0 Å². The standard InChI is InChI=1S/C8H9BrN2O2/c1-8(2,4-11)6(9)5(3-10)7(12)13/h5-6H,1-2H3,(H,12,13). The zero-order valence-corrected chi connectivity index (χ0v) is 8.87. The molecule has 0 heterocycles. The molecule has 0 bridgehead atoms. The van der Waals surface area contributed by atoms with E-state index >= 15 is 0 Å². The highest BCUT2D eigenvalue weighted by atomic mass is 79.9.